The van der Waals surface area contributed by atoms with Crippen LogP contribution in [-0.4, -0.2) is 69.1 Å². The Bertz CT molecular complexity index is 677. The highest BCUT2D eigenvalue weighted by Crippen LogP contribution is 2.28. The van der Waals surface area contributed by atoms with E-state index in [4.69, 9.17) is 10.5 Å². The largest absolute Gasteiger partial charge is 0.394 e. The van der Waals surface area contributed by atoms with Crippen molar-refractivity contribution in [3.8, 4) is 0 Å². The first-order valence-corrected chi connectivity index (χ1v) is 10.2. The summed E-state index contributed by atoms with van der Waals surface area (Å²) in [5.74, 6) is -0.0557. The molecule has 0 aromatic carbocycles. The Morgan fingerprint density at radius 3 is 2.86 bits per heavy atom. The Kier molecular flexibility index (Phi) is 8.64. The predicted molar refractivity (Wildman–Crippen MR) is 107 cm³/mol. The maximum Gasteiger partial charge on any atom is 0.243 e. The molecule has 1 aliphatic heterocycles. The number of amides is 2. The Hall–Kier alpha value is -1.72. The Labute approximate surface area is 168 Å². The van der Waals surface area contributed by atoms with Gasteiger partial charge in [0.05, 0.1) is 30.9 Å². The van der Waals surface area contributed by atoms with Crippen LogP contribution < -0.4 is 16.4 Å². The summed E-state index contributed by atoms with van der Waals surface area (Å²) in [7, 11) is 0. The number of hydrogen-bond donors (Lipinski definition) is 5. The maximum absolute atomic E-state index is 12.3. The van der Waals surface area contributed by atoms with Gasteiger partial charge < -0.3 is 31.3 Å². The molecule has 9 nitrogen and oxygen atoms in total. The van der Waals surface area contributed by atoms with E-state index in [1.165, 1.54) is 18.7 Å². The first kappa shape index (κ1) is 22.6. The number of carbonyl (C=O) groups is 2. The number of carbonyl (C=O) groups excluding carboxylic acids is 2. The van der Waals surface area contributed by atoms with Crippen LogP contribution >= 0.6 is 11.8 Å². The lowest BCUT2D eigenvalue weighted by Gasteiger charge is -2.39. The van der Waals surface area contributed by atoms with Crippen LogP contribution in [0.15, 0.2) is 18.2 Å². The minimum atomic E-state index is -0.863. The molecule has 156 valence electrons. The smallest absolute Gasteiger partial charge is 0.243 e. The van der Waals surface area contributed by atoms with E-state index in [2.05, 4.69) is 15.6 Å². The van der Waals surface area contributed by atoms with E-state index in [0.29, 0.717) is 5.82 Å². The number of aromatic nitrogens is 1. The van der Waals surface area contributed by atoms with Gasteiger partial charge in [0.1, 0.15) is 11.3 Å². The lowest BCUT2D eigenvalue weighted by atomic mass is 10.0. The summed E-state index contributed by atoms with van der Waals surface area (Å²) in [5.41, 5.74) is 6.21. The lowest BCUT2D eigenvalue weighted by molar-refractivity contribution is -0.128. The van der Waals surface area contributed by atoms with E-state index >= 15 is 0 Å². The van der Waals surface area contributed by atoms with Crippen LogP contribution in [-0.2, 0) is 20.7 Å². The number of ether oxygens (including phenoxy) is 1. The van der Waals surface area contributed by atoms with Gasteiger partial charge in [-0.2, -0.15) is 0 Å². The number of aliphatic hydroxyl groups excluding tert-OH is 2. The average Bonchev–Trinajstić information content (AvgIpc) is 2.67. The molecule has 2 amide bonds. The van der Waals surface area contributed by atoms with E-state index in [9.17, 15) is 19.8 Å². The molecule has 2 rings (SSSR count). The van der Waals surface area contributed by atoms with Crippen molar-refractivity contribution in [1.82, 2.24) is 10.3 Å². The minimum Gasteiger partial charge on any atom is -0.394 e. The zero-order valence-electron chi connectivity index (χ0n) is 16.0. The molecule has 0 spiro atoms. The molecular weight excluding hydrogens is 384 g/mol. The number of rotatable bonds is 8. The monoisotopic (exact) mass is 412 g/mol. The molecular formula is C18H28N4O5S. The number of hydrogen-bond acceptors (Lipinski definition) is 8. The Morgan fingerprint density at radius 1 is 1.46 bits per heavy atom. The summed E-state index contributed by atoms with van der Waals surface area (Å²) >= 11 is 1.21. The van der Waals surface area contributed by atoms with Crippen molar-refractivity contribution >= 4 is 29.4 Å². The third kappa shape index (κ3) is 6.42. The summed E-state index contributed by atoms with van der Waals surface area (Å²) in [6.07, 6.45) is -0.435. The first-order valence-electron chi connectivity index (χ1n) is 9.19. The summed E-state index contributed by atoms with van der Waals surface area (Å²) < 4.78 is 5.74. The van der Waals surface area contributed by atoms with Crippen molar-refractivity contribution in [1.29, 1.82) is 0 Å². The topological polar surface area (TPSA) is 147 Å². The number of pyridine rings is 1. The summed E-state index contributed by atoms with van der Waals surface area (Å²) in [6.45, 7) is 3.08. The molecule has 2 heterocycles. The fourth-order valence-corrected chi connectivity index (χ4v) is 4.07. The number of nitrogens with zero attached hydrogens (tertiary/aromatic N) is 1. The van der Waals surface area contributed by atoms with Crippen molar-refractivity contribution in [2.24, 2.45) is 5.73 Å². The van der Waals surface area contributed by atoms with Gasteiger partial charge in [0, 0.05) is 24.8 Å². The molecule has 28 heavy (non-hydrogen) atoms. The highest BCUT2D eigenvalue weighted by Gasteiger charge is 2.39. The fraction of sp³-hybridized carbons (Fsp3) is 0.611. The Balaban J connectivity index is 1.94. The van der Waals surface area contributed by atoms with E-state index in [0.717, 1.165) is 12.1 Å². The molecule has 10 heteroatoms. The molecule has 2 unspecified atom stereocenters. The first-order chi connectivity index (χ1) is 13.3. The zero-order chi connectivity index (χ0) is 20.7. The van der Waals surface area contributed by atoms with Gasteiger partial charge in [-0.3, -0.25) is 9.59 Å². The van der Waals surface area contributed by atoms with Gasteiger partial charge in [0.15, 0.2) is 0 Å². The van der Waals surface area contributed by atoms with Gasteiger partial charge in [-0.25, -0.2) is 4.98 Å². The predicted octanol–water partition coefficient (Wildman–Crippen LogP) is -0.384. The van der Waals surface area contributed by atoms with Crippen molar-refractivity contribution < 1.29 is 24.5 Å². The van der Waals surface area contributed by atoms with Crippen LogP contribution in [0.25, 0.3) is 0 Å². The molecule has 1 aliphatic rings. The average molecular weight is 413 g/mol. The second-order valence-electron chi connectivity index (χ2n) is 6.64. The Morgan fingerprint density at radius 2 is 2.21 bits per heavy atom. The van der Waals surface area contributed by atoms with Crippen LogP contribution in [0.4, 0.5) is 5.82 Å². The lowest BCUT2D eigenvalue weighted by Crippen LogP contribution is -2.56. The zero-order valence-corrected chi connectivity index (χ0v) is 16.8. The molecule has 6 N–H and O–H groups in total. The number of aryl methyl sites for hydroxylation is 1. The SMILES string of the molecule is CCc1cccc(NC(=O)C(N)CS[C@@H]2OC(CO)C[C@H](O)[C@H]2NC(C)=O)n1. The number of nitrogens with two attached hydrogens (primary N) is 1. The normalized spacial score (nSPS) is 25.8. The van der Waals surface area contributed by atoms with Crippen LogP contribution in [0, 0.1) is 0 Å². The van der Waals surface area contributed by atoms with Crippen molar-refractivity contribution in [3.05, 3.63) is 23.9 Å². The highest BCUT2D eigenvalue weighted by atomic mass is 32.2. The molecule has 5 atom stereocenters. The molecule has 0 radical (unpaired) electrons. The van der Waals surface area contributed by atoms with Crippen LogP contribution in [0.5, 0.6) is 0 Å². The van der Waals surface area contributed by atoms with Crippen LogP contribution in [0.2, 0.25) is 0 Å². The van der Waals surface area contributed by atoms with Gasteiger partial charge in [0.25, 0.3) is 0 Å². The third-order valence-corrected chi connectivity index (χ3v) is 5.59. The number of thioether (sulfide) groups is 1. The number of nitrogens with one attached hydrogen (secondary N) is 2. The highest BCUT2D eigenvalue weighted by molar-refractivity contribution is 7.99. The molecule has 0 saturated carbocycles. The van der Waals surface area contributed by atoms with Crippen LogP contribution in [0.3, 0.4) is 0 Å². The standard InChI is InChI=1S/C18H28N4O5S/c1-3-11-5-4-6-15(21-11)22-17(26)13(19)9-28-18-16(20-10(2)24)14(25)7-12(8-23)27-18/h4-6,12-14,16,18,23,25H,3,7-9,19H2,1-2H3,(H,20,24)(H,21,22,26)/t12?,13?,14-,16+,18-/m0/s1. The second-order valence-corrected chi connectivity index (χ2v) is 7.77. The molecule has 1 aromatic rings. The van der Waals surface area contributed by atoms with Crippen molar-refractivity contribution in [2.45, 2.75) is 56.4 Å². The molecule has 0 bridgehead atoms. The van der Waals surface area contributed by atoms with Crippen molar-refractivity contribution in [3.63, 3.8) is 0 Å². The van der Waals surface area contributed by atoms with Gasteiger partial charge in [-0.1, -0.05) is 13.0 Å². The fourth-order valence-electron chi connectivity index (χ4n) is 2.83. The minimum absolute atomic E-state index is 0.199. The third-order valence-electron chi connectivity index (χ3n) is 4.31. The van der Waals surface area contributed by atoms with Crippen molar-refractivity contribution in [2.75, 3.05) is 17.7 Å². The van der Waals surface area contributed by atoms with E-state index in [1.807, 2.05) is 19.1 Å². The van der Waals surface area contributed by atoms with E-state index < -0.39 is 29.7 Å². The summed E-state index contributed by atoms with van der Waals surface area (Å²) in [5, 5.41) is 25.0. The van der Waals surface area contributed by atoms with Gasteiger partial charge >= 0.3 is 0 Å². The molecule has 1 saturated heterocycles. The van der Waals surface area contributed by atoms with E-state index in [-0.39, 0.29) is 30.6 Å². The van der Waals surface area contributed by atoms with E-state index in [1.54, 1.807) is 6.07 Å². The molecule has 1 fully saturated rings. The van der Waals surface area contributed by atoms with Gasteiger partial charge in [0.2, 0.25) is 11.8 Å². The quantitative estimate of drug-likeness (QED) is 0.388. The van der Waals surface area contributed by atoms with Gasteiger partial charge in [-0.15, -0.1) is 11.8 Å². The molecule has 0 aliphatic carbocycles. The van der Waals surface area contributed by atoms with Crippen LogP contribution in [0.1, 0.15) is 26.0 Å². The number of anilines is 1. The molecule has 1 aromatic heterocycles. The summed E-state index contributed by atoms with van der Waals surface area (Å²) in [6, 6.07) is 3.88. The maximum atomic E-state index is 12.3. The number of aliphatic hydroxyl groups is 2. The second kappa shape index (κ2) is 10.7. The van der Waals surface area contributed by atoms with Gasteiger partial charge in [-0.05, 0) is 18.6 Å². The summed E-state index contributed by atoms with van der Waals surface area (Å²) in [4.78, 5) is 28.1.